The molecule has 4 nitrogen and oxygen atoms in total. The predicted molar refractivity (Wildman–Crippen MR) is 98.0 cm³/mol. The quantitative estimate of drug-likeness (QED) is 0.579. The number of carbonyl (C=O) groups is 1. The molecule has 4 atom stereocenters. The van der Waals surface area contributed by atoms with E-state index in [4.69, 9.17) is 4.43 Å². The van der Waals surface area contributed by atoms with Crippen LogP contribution in [0.2, 0.25) is 19.6 Å². The molecule has 0 bridgehead atoms. The number of thioether (sulfide) groups is 1. The highest BCUT2D eigenvalue weighted by Gasteiger charge is 2.56. The van der Waals surface area contributed by atoms with Crippen molar-refractivity contribution >= 4 is 37.3 Å². The molecule has 0 N–H and O–H groups in total. The molecule has 3 heterocycles. The third-order valence-corrected chi connectivity index (χ3v) is 7.65. The average molecular weight is 369 g/mol. The first-order chi connectivity index (χ1) is 10.7. The van der Waals surface area contributed by atoms with Gasteiger partial charge in [0.15, 0.2) is 12.7 Å². The lowest BCUT2D eigenvalue weighted by atomic mass is 9.79. The highest BCUT2D eigenvalue weighted by atomic mass is 32.2. The van der Waals surface area contributed by atoms with Crippen LogP contribution in [0, 0.1) is 18.8 Å². The van der Waals surface area contributed by atoms with Crippen LogP contribution in [0.25, 0.3) is 0 Å². The maximum atomic E-state index is 12.5. The summed E-state index contributed by atoms with van der Waals surface area (Å²) >= 11 is 3.36. The van der Waals surface area contributed by atoms with Gasteiger partial charge in [-0.25, -0.2) is 4.98 Å². The van der Waals surface area contributed by atoms with Gasteiger partial charge < -0.3 is 9.33 Å². The number of aryl methyl sites for hydroxylation is 1. The molecule has 0 spiro atoms. The monoisotopic (exact) mass is 368 g/mol. The van der Waals surface area contributed by atoms with Crippen LogP contribution in [0.3, 0.4) is 0 Å². The van der Waals surface area contributed by atoms with Crippen molar-refractivity contribution in [2.75, 3.05) is 0 Å². The van der Waals surface area contributed by atoms with Crippen LogP contribution in [0.1, 0.15) is 19.5 Å². The van der Waals surface area contributed by atoms with Crippen LogP contribution in [0.15, 0.2) is 20.8 Å². The SMILES string of the molecule is Cc1csc(SC2=CN3C(=O)[C@H]([C@@H](C)O[Si](C)(C)C)[C@H]3[C@H]2C)n1. The van der Waals surface area contributed by atoms with E-state index < -0.39 is 8.32 Å². The molecule has 23 heavy (non-hydrogen) atoms. The van der Waals surface area contributed by atoms with E-state index in [0.29, 0.717) is 5.92 Å². The smallest absolute Gasteiger partial charge is 0.234 e. The largest absolute Gasteiger partial charge is 0.414 e. The summed E-state index contributed by atoms with van der Waals surface area (Å²) in [6.45, 7) is 12.8. The Kier molecular flexibility index (Phi) is 4.50. The lowest BCUT2D eigenvalue weighted by molar-refractivity contribution is -0.157. The molecule has 1 saturated heterocycles. The fourth-order valence-corrected chi connectivity index (χ4v) is 6.68. The Morgan fingerprint density at radius 2 is 2.13 bits per heavy atom. The second-order valence-corrected chi connectivity index (χ2v) is 14.0. The van der Waals surface area contributed by atoms with Gasteiger partial charge in [-0.2, -0.15) is 0 Å². The van der Waals surface area contributed by atoms with Gasteiger partial charge >= 0.3 is 0 Å². The normalized spacial score (nSPS) is 28.4. The van der Waals surface area contributed by atoms with Crippen molar-refractivity contribution in [3.8, 4) is 0 Å². The summed E-state index contributed by atoms with van der Waals surface area (Å²) in [6.07, 6.45) is 2.02. The average Bonchev–Trinajstić information content (AvgIpc) is 2.92. The Morgan fingerprint density at radius 1 is 1.43 bits per heavy atom. The minimum absolute atomic E-state index is 0.00211. The first-order valence-electron chi connectivity index (χ1n) is 7.99. The Labute approximate surface area is 147 Å². The number of β-lactam (4-membered cyclic amide) rings is 1. The summed E-state index contributed by atoms with van der Waals surface area (Å²) in [5.41, 5.74) is 1.05. The number of hydrogen-bond acceptors (Lipinski definition) is 5. The van der Waals surface area contributed by atoms with Gasteiger partial charge in [0.1, 0.15) is 0 Å². The lowest BCUT2D eigenvalue weighted by Crippen LogP contribution is -2.63. The van der Waals surface area contributed by atoms with Crippen molar-refractivity contribution in [3.05, 3.63) is 22.2 Å². The van der Waals surface area contributed by atoms with Crippen LogP contribution in [-0.2, 0) is 9.22 Å². The molecule has 2 aliphatic heterocycles. The van der Waals surface area contributed by atoms with Crippen LogP contribution in [0.4, 0.5) is 0 Å². The van der Waals surface area contributed by atoms with E-state index in [1.54, 1.807) is 23.1 Å². The summed E-state index contributed by atoms with van der Waals surface area (Å²) in [7, 11) is -1.64. The van der Waals surface area contributed by atoms with Gasteiger partial charge in [-0.1, -0.05) is 18.7 Å². The molecule has 0 saturated carbocycles. The van der Waals surface area contributed by atoms with Gasteiger partial charge in [0.2, 0.25) is 5.91 Å². The van der Waals surface area contributed by atoms with E-state index in [2.05, 4.69) is 43.9 Å². The zero-order valence-electron chi connectivity index (χ0n) is 14.5. The Balaban J connectivity index is 1.71. The number of amides is 1. The number of rotatable bonds is 5. The van der Waals surface area contributed by atoms with E-state index in [1.165, 1.54) is 4.91 Å². The van der Waals surface area contributed by atoms with Crippen molar-refractivity contribution in [2.24, 2.45) is 11.8 Å². The minimum atomic E-state index is -1.64. The molecule has 1 amide bonds. The van der Waals surface area contributed by atoms with Crippen LogP contribution < -0.4 is 0 Å². The highest BCUT2D eigenvalue weighted by molar-refractivity contribution is 8.04. The van der Waals surface area contributed by atoms with E-state index >= 15 is 0 Å². The number of fused-ring (bicyclic) bond motifs is 1. The fraction of sp³-hybridized carbons (Fsp3) is 0.625. The molecule has 3 rings (SSSR count). The minimum Gasteiger partial charge on any atom is -0.414 e. The van der Waals surface area contributed by atoms with E-state index in [9.17, 15) is 4.79 Å². The molecular formula is C16H24N2O2S2Si. The van der Waals surface area contributed by atoms with E-state index in [-0.39, 0.29) is 24.0 Å². The summed E-state index contributed by atoms with van der Waals surface area (Å²) in [4.78, 5) is 20.2. The second kappa shape index (κ2) is 6.02. The molecule has 7 heteroatoms. The molecule has 0 aromatic carbocycles. The molecule has 2 aliphatic rings. The van der Waals surface area contributed by atoms with Gasteiger partial charge in [0.25, 0.3) is 0 Å². The molecule has 1 fully saturated rings. The summed E-state index contributed by atoms with van der Waals surface area (Å²) in [6, 6.07) is 0.248. The predicted octanol–water partition coefficient (Wildman–Crippen LogP) is 4.10. The molecule has 126 valence electrons. The maximum absolute atomic E-state index is 12.5. The Morgan fingerprint density at radius 3 is 2.70 bits per heavy atom. The van der Waals surface area contributed by atoms with Gasteiger partial charge in [0, 0.05) is 28.1 Å². The zero-order valence-corrected chi connectivity index (χ0v) is 17.1. The molecule has 1 aromatic heterocycles. The molecule has 0 aliphatic carbocycles. The fourth-order valence-electron chi connectivity index (χ4n) is 3.39. The number of carbonyl (C=O) groups excluding carboxylic acids is 1. The van der Waals surface area contributed by atoms with Gasteiger partial charge in [-0.3, -0.25) is 4.79 Å². The van der Waals surface area contributed by atoms with Gasteiger partial charge in [0.05, 0.1) is 18.1 Å². The molecule has 0 radical (unpaired) electrons. The molecule has 1 aromatic rings. The topological polar surface area (TPSA) is 42.4 Å². The summed E-state index contributed by atoms with van der Waals surface area (Å²) < 4.78 is 7.23. The molecule has 0 unspecified atom stereocenters. The first-order valence-corrected chi connectivity index (χ1v) is 13.1. The second-order valence-electron chi connectivity index (χ2n) is 7.37. The van der Waals surface area contributed by atoms with Gasteiger partial charge in [-0.15, -0.1) is 11.3 Å². The van der Waals surface area contributed by atoms with E-state index in [0.717, 1.165) is 10.0 Å². The number of nitrogens with zero attached hydrogens (tertiary/aromatic N) is 2. The Bertz CT molecular complexity index is 653. The van der Waals surface area contributed by atoms with Crippen molar-refractivity contribution < 1.29 is 9.22 Å². The third-order valence-electron chi connectivity index (χ3n) is 4.30. The molecular weight excluding hydrogens is 344 g/mol. The third kappa shape index (κ3) is 3.29. The zero-order chi connectivity index (χ0) is 16.9. The highest BCUT2D eigenvalue weighted by Crippen LogP contribution is 2.49. The summed E-state index contributed by atoms with van der Waals surface area (Å²) in [5.74, 6) is 0.544. The Hall–Kier alpha value is -0.633. The van der Waals surface area contributed by atoms with Crippen molar-refractivity contribution in [1.82, 2.24) is 9.88 Å². The number of hydrogen-bond donors (Lipinski definition) is 0. The standard InChI is InChI=1S/C16H24N2O2S2Si/c1-9-8-21-16(17-9)22-12-7-18-14(10(12)2)13(15(18)19)11(3)20-23(4,5)6/h7-8,10-11,13-14H,1-6H3/t10-,11+,13+,14+/m0/s1. The number of aromatic nitrogens is 1. The van der Waals surface area contributed by atoms with Crippen molar-refractivity contribution in [3.63, 3.8) is 0 Å². The first kappa shape index (κ1) is 17.2. The lowest BCUT2D eigenvalue weighted by Gasteiger charge is -2.47. The van der Waals surface area contributed by atoms with Gasteiger partial charge in [-0.05, 0) is 33.5 Å². The van der Waals surface area contributed by atoms with E-state index in [1.807, 2.05) is 18.0 Å². The summed E-state index contributed by atoms with van der Waals surface area (Å²) in [5, 5.41) is 2.06. The van der Waals surface area contributed by atoms with Crippen LogP contribution in [-0.4, -0.2) is 36.3 Å². The van der Waals surface area contributed by atoms with Crippen LogP contribution in [0.5, 0.6) is 0 Å². The number of thiazole rings is 1. The van der Waals surface area contributed by atoms with Crippen molar-refractivity contribution in [1.29, 1.82) is 0 Å². The maximum Gasteiger partial charge on any atom is 0.234 e. The van der Waals surface area contributed by atoms with Crippen LogP contribution >= 0.6 is 23.1 Å². The van der Waals surface area contributed by atoms with Crippen molar-refractivity contribution in [2.45, 2.75) is 56.9 Å².